The highest BCUT2D eigenvalue weighted by Gasteiger charge is 2.28. The van der Waals surface area contributed by atoms with Crippen molar-refractivity contribution < 1.29 is 23.8 Å². The number of nitrogens with zero attached hydrogens (tertiary/aromatic N) is 1. The number of carboxylic acid groups (broad SMARTS) is 1. The zero-order chi connectivity index (χ0) is 18.7. The Morgan fingerprint density at radius 3 is 2.58 bits per heavy atom. The smallest absolute Gasteiger partial charge is 0.335 e. The summed E-state index contributed by atoms with van der Waals surface area (Å²) in [5, 5.41) is 19.5. The number of likely N-dealkylation sites (tertiary alicyclic amines) is 1. The molecule has 138 valence electrons. The highest BCUT2D eigenvalue weighted by molar-refractivity contribution is 5.87. The minimum atomic E-state index is -1.02. The second kappa shape index (κ2) is 7.93. The summed E-state index contributed by atoms with van der Waals surface area (Å²) in [5.74, 6) is -2.23. The van der Waals surface area contributed by atoms with Gasteiger partial charge in [-0.1, -0.05) is 12.1 Å². The van der Waals surface area contributed by atoms with E-state index < -0.39 is 23.7 Å². The molecule has 0 amide bonds. The van der Waals surface area contributed by atoms with Crippen LogP contribution in [0, 0.1) is 17.6 Å². The molecule has 1 heterocycles. The van der Waals surface area contributed by atoms with Gasteiger partial charge in [-0.05, 0) is 67.7 Å². The van der Waals surface area contributed by atoms with E-state index in [9.17, 15) is 18.7 Å². The zero-order valence-corrected chi connectivity index (χ0v) is 14.2. The van der Waals surface area contributed by atoms with E-state index in [2.05, 4.69) is 4.90 Å². The predicted octanol–water partition coefficient (Wildman–Crippen LogP) is 3.61. The maximum atomic E-state index is 13.9. The van der Waals surface area contributed by atoms with Gasteiger partial charge in [0.1, 0.15) is 11.6 Å². The van der Waals surface area contributed by atoms with Crippen LogP contribution in [-0.2, 0) is 6.54 Å². The van der Waals surface area contributed by atoms with Crippen LogP contribution in [0.2, 0.25) is 0 Å². The van der Waals surface area contributed by atoms with Crippen LogP contribution >= 0.6 is 0 Å². The second-order valence-corrected chi connectivity index (χ2v) is 6.73. The maximum absolute atomic E-state index is 13.9. The van der Waals surface area contributed by atoms with Crippen molar-refractivity contribution >= 4 is 5.97 Å². The van der Waals surface area contributed by atoms with Gasteiger partial charge in [0, 0.05) is 12.1 Å². The lowest BCUT2D eigenvalue weighted by Gasteiger charge is -2.34. The molecule has 0 saturated carbocycles. The summed E-state index contributed by atoms with van der Waals surface area (Å²) in [7, 11) is 0. The number of carboxylic acids is 1. The molecule has 1 fully saturated rings. The number of hydrogen-bond acceptors (Lipinski definition) is 3. The van der Waals surface area contributed by atoms with E-state index in [0.717, 1.165) is 23.8 Å². The van der Waals surface area contributed by atoms with Crippen LogP contribution in [0.15, 0.2) is 42.5 Å². The summed E-state index contributed by atoms with van der Waals surface area (Å²) in [4.78, 5) is 13.2. The lowest BCUT2D eigenvalue weighted by Crippen LogP contribution is -2.35. The van der Waals surface area contributed by atoms with Crippen molar-refractivity contribution in [1.29, 1.82) is 0 Å². The maximum Gasteiger partial charge on any atom is 0.335 e. The highest BCUT2D eigenvalue weighted by Crippen LogP contribution is 2.32. The summed E-state index contributed by atoms with van der Waals surface area (Å²) in [6.45, 7) is 2.03. The minimum absolute atomic E-state index is 0.0117. The van der Waals surface area contributed by atoms with Gasteiger partial charge >= 0.3 is 5.97 Å². The summed E-state index contributed by atoms with van der Waals surface area (Å²) in [5.41, 5.74) is 1.19. The van der Waals surface area contributed by atoms with Crippen molar-refractivity contribution in [1.82, 2.24) is 4.90 Å². The molecule has 0 aliphatic carbocycles. The Labute approximate surface area is 150 Å². The Balaban J connectivity index is 1.59. The molecule has 1 saturated heterocycles. The lowest BCUT2D eigenvalue weighted by atomic mass is 9.87. The zero-order valence-electron chi connectivity index (χ0n) is 14.2. The monoisotopic (exact) mass is 361 g/mol. The molecule has 1 aliphatic heterocycles. The SMILES string of the molecule is O=C(O)c1cccc(CN2CCC(C(O)c3cc(F)ccc3F)CC2)c1. The molecule has 2 aromatic rings. The van der Waals surface area contributed by atoms with Gasteiger partial charge in [-0.2, -0.15) is 0 Å². The molecule has 1 atom stereocenters. The van der Waals surface area contributed by atoms with Crippen molar-refractivity contribution in [2.75, 3.05) is 13.1 Å². The summed E-state index contributed by atoms with van der Waals surface area (Å²) in [6.07, 6.45) is 0.300. The molecule has 0 spiro atoms. The van der Waals surface area contributed by atoms with Gasteiger partial charge in [-0.15, -0.1) is 0 Å². The average molecular weight is 361 g/mol. The number of aromatic carboxylic acids is 1. The third-order valence-electron chi connectivity index (χ3n) is 4.94. The molecular weight excluding hydrogens is 340 g/mol. The number of rotatable bonds is 5. The van der Waals surface area contributed by atoms with Gasteiger partial charge in [0.25, 0.3) is 0 Å². The van der Waals surface area contributed by atoms with Crippen LogP contribution < -0.4 is 0 Å². The Kier molecular flexibility index (Phi) is 5.64. The third kappa shape index (κ3) is 4.26. The first-order chi connectivity index (χ1) is 12.4. The first-order valence-corrected chi connectivity index (χ1v) is 8.61. The van der Waals surface area contributed by atoms with Gasteiger partial charge < -0.3 is 10.2 Å². The number of aliphatic hydroxyl groups is 1. The normalized spacial score (nSPS) is 17.2. The van der Waals surface area contributed by atoms with Crippen LogP contribution in [-0.4, -0.2) is 34.2 Å². The summed E-state index contributed by atoms with van der Waals surface area (Å²) < 4.78 is 27.2. The fourth-order valence-electron chi connectivity index (χ4n) is 3.48. The highest BCUT2D eigenvalue weighted by atomic mass is 19.1. The van der Waals surface area contributed by atoms with Gasteiger partial charge in [0.15, 0.2) is 0 Å². The summed E-state index contributed by atoms with van der Waals surface area (Å²) >= 11 is 0. The standard InChI is InChI=1S/C20H21F2NO3/c21-16-4-5-18(22)17(11-16)19(24)14-6-8-23(9-7-14)12-13-2-1-3-15(10-13)20(25)26/h1-5,10-11,14,19,24H,6-9,12H2,(H,25,26). The van der Waals surface area contributed by atoms with Gasteiger partial charge in [0.05, 0.1) is 11.7 Å². The molecule has 0 aromatic heterocycles. The van der Waals surface area contributed by atoms with E-state index in [1.54, 1.807) is 18.2 Å². The van der Waals surface area contributed by atoms with Gasteiger partial charge in [-0.25, -0.2) is 13.6 Å². The average Bonchev–Trinajstić information content (AvgIpc) is 2.64. The lowest BCUT2D eigenvalue weighted by molar-refractivity contribution is 0.0541. The summed E-state index contributed by atoms with van der Waals surface area (Å²) in [6, 6.07) is 9.96. The number of piperidine rings is 1. The molecule has 0 bridgehead atoms. The molecule has 3 rings (SSSR count). The fourth-order valence-corrected chi connectivity index (χ4v) is 3.48. The molecule has 6 heteroatoms. The number of benzene rings is 2. The van der Waals surface area contributed by atoms with E-state index in [-0.39, 0.29) is 17.0 Å². The molecule has 4 nitrogen and oxygen atoms in total. The molecule has 2 N–H and O–H groups in total. The van der Waals surface area contributed by atoms with Gasteiger partial charge in [-0.3, -0.25) is 4.90 Å². The van der Waals surface area contributed by atoms with E-state index in [1.807, 2.05) is 6.07 Å². The first-order valence-electron chi connectivity index (χ1n) is 8.61. The quantitative estimate of drug-likeness (QED) is 0.854. The molecule has 1 unspecified atom stereocenters. The molecular formula is C20H21F2NO3. The number of aliphatic hydroxyl groups excluding tert-OH is 1. The van der Waals surface area contributed by atoms with Crippen molar-refractivity contribution in [3.63, 3.8) is 0 Å². The Hall–Kier alpha value is -2.31. The Morgan fingerprint density at radius 1 is 1.15 bits per heavy atom. The van der Waals surface area contributed by atoms with E-state index in [1.165, 1.54) is 0 Å². The molecule has 1 aliphatic rings. The fraction of sp³-hybridized carbons (Fsp3) is 0.350. The van der Waals surface area contributed by atoms with E-state index >= 15 is 0 Å². The third-order valence-corrected chi connectivity index (χ3v) is 4.94. The van der Waals surface area contributed by atoms with Gasteiger partial charge in [0.2, 0.25) is 0 Å². The first kappa shape index (κ1) is 18.5. The number of halogens is 2. The Morgan fingerprint density at radius 2 is 1.88 bits per heavy atom. The minimum Gasteiger partial charge on any atom is -0.478 e. The van der Waals surface area contributed by atoms with Crippen LogP contribution in [0.3, 0.4) is 0 Å². The molecule has 2 aromatic carbocycles. The van der Waals surface area contributed by atoms with E-state index in [0.29, 0.717) is 32.5 Å². The Bertz CT molecular complexity index is 788. The van der Waals surface area contributed by atoms with Crippen LogP contribution in [0.4, 0.5) is 8.78 Å². The molecule has 0 radical (unpaired) electrons. The number of carbonyl (C=O) groups is 1. The van der Waals surface area contributed by atoms with Crippen molar-refractivity contribution in [2.45, 2.75) is 25.5 Å². The molecule has 26 heavy (non-hydrogen) atoms. The predicted molar refractivity (Wildman–Crippen MR) is 92.7 cm³/mol. The van der Waals surface area contributed by atoms with E-state index in [4.69, 9.17) is 5.11 Å². The van der Waals surface area contributed by atoms with Crippen LogP contribution in [0.25, 0.3) is 0 Å². The number of hydrogen-bond donors (Lipinski definition) is 2. The largest absolute Gasteiger partial charge is 0.478 e. The second-order valence-electron chi connectivity index (χ2n) is 6.73. The van der Waals surface area contributed by atoms with Crippen molar-refractivity contribution in [3.05, 3.63) is 70.8 Å². The van der Waals surface area contributed by atoms with Crippen molar-refractivity contribution in [2.24, 2.45) is 5.92 Å². The topological polar surface area (TPSA) is 60.8 Å². The van der Waals surface area contributed by atoms with Crippen molar-refractivity contribution in [3.8, 4) is 0 Å². The van der Waals surface area contributed by atoms with Crippen LogP contribution in [0.5, 0.6) is 0 Å². The van der Waals surface area contributed by atoms with Crippen LogP contribution in [0.1, 0.15) is 40.4 Å².